The monoisotopic (exact) mass is 185 g/mol. The van der Waals surface area contributed by atoms with Gasteiger partial charge in [-0.2, -0.15) is 0 Å². The van der Waals surface area contributed by atoms with E-state index in [0.29, 0.717) is 0 Å². The Morgan fingerprint density at radius 2 is 2.08 bits per heavy atom. The molecule has 1 amide bonds. The third kappa shape index (κ3) is 1.84. The zero-order chi connectivity index (χ0) is 10.0. The minimum Gasteiger partial charge on any atom is -0.274 e. The van der Waals surface area contributed by atoms with E-state index in [1.54, 1.807) is 5.01 Å². The molecular formula is C9H19N3O. The minimum absolute atomic E-state index is 0.000596. The van der Waals surface area contributed by atoms with E-state index in [9.17, 15) is 4.79 Å². The van der Waals surface area contributed by atoms with E-state index in [4.69, 9.17) is 0 Å². The molecule has 2 atom stereocenters. The Balaban J connectivity index is 2.59. The van der Waals surface area contributed by atoms with Gasteiger partial charge in [0, 0.05) is 6.54 Å². The first-order valence-corrected chi connectivity index (χ1v) is 4.88. The van der Waals surface area contributed by atoms with E-state index in [1.165, 1.54) is 0 Å². The lowest BCUT2D eigenvalue weighted by Gasteiger charge is -2.24. The Morgan fingerprint density at radius 1 is 1.46 bits per heavy atom. The lowest BCUT2D eigenvalue weighted by molar-refractivity contribution is -0.132. The summed E-state index contributed by atoms with van der Waals surface area (Å²) >= 11 is 0. The second-order valence-corrected chi connectivity index (χ2v) is 3.59. The Labute approximate surface area is 79.9 Å². The molecule has 0 spiro atoms. The number of hydrazine groups is 1. The summed E-state index contributed by atoms with van der Waals surface area (Å²) in [6, 6.07) is -0.000596. The molecule has 1 N–H and O–H groups in total. The number of hydrogen-bond donors (Lipinski definition) is 1. The molecule has 0 bridgehead atoms. The summed E-state index contributed by atoms with van der Waals surface area (Å²) in [5, 5.41) is 1.73. The van der Waals surface area contributed by atoms with E-state index in [2.05, 4.69) is 17.2 Å². The van der Waals surface area contributed by atoms with Crippen molar-refractivity contribution in [2.75, 3.05) is 13.6 Å². The van der Waals surface area contributed by atoms with Crippen LogP contribution in [0.1, 0.15) is 27.2 Å². The zero-order valence-corrected chi connectivity index (χ0v) is 8.87. The Morgan fingerprint density at radius 3 is 2.46 bits per heavy atom. The SMILES string of the molecule is CCCNN1C(=O)C(C)N(C)C1C. The highest BCUT2D eigenvalue weighted by molar-refractivity contribution is 5.83. The van der Waals surface area contributed by atoms with Crippen LogP contribution < -0.4 is 5.43 Å². The predicted octanol–water partition coefficient (Wildman–Crippen LogP) is 0.409. The van der Waals surface area contributed by atoms with Crippen LogP contribution in [0.3, 0.4) is 0 Å². The van der Waals surface area contributed by atoms with Gasteiger partial charge in [0.05, 0.1) is 12.2 Å². The van der Waals surface area contributed by atoms with Crippen molar-refractivity contribution in [3.63, 3.8) is 0 Å². The first kappa shape index (κ1) is 10.5. The Hall–Kier alpha value is -0.610. The van der Waals surface area contributed by atoms with E-state index in [-0.39, 0.29) is 18.1 Å². The van der Waals surface area contributed by atoms with Crippen LogP contribution in [-0.2, 0) is 4.79 Å². The van der Waals surface area contributed by atoms with Crippen LogP contribution in [-0.4, -0.2) is 41.6 Å². The van der Waals surface area contributed by atoms with Gasteiger partial charge in [0.2, 0.25) is 0 Å². The second kappa shape index (κ2) is 4.07. The quantitative estimate of drug-likeness (QED) is 0.691. The van der Waals surface area contributed by atoms with Gasteiger partial charge in [0.15, 0.2) is 0 Å². The number of nitrogens with zero attached hydrogens (tertiary/aromatic N) is 2. The molecule has 76 valence electrons. The normalized spacial score (nSPS) is 30.2. The number of carbonyl (C=O) groups excluding carboxylic acids is 1. The van der Waals surface area contributed by atoms with Crippen molar-refractivity contribution in [2.45, 2.75) is 39.4 Å². The summed E-state index contributed by atoms with van der Waals surface area (Å²) < 4.78 is 0. The highest BCUT2D eigenvalue weighted by atomic mass is 16.2. The molecule has 0 aromatic rings. The molecular weight excluding hydrogens is 166 g/mol. The number of amides is 1. The molecule has 13 heavy (non-hydrogen) atoms. The van der Waals surface area contributed by atoms with E-state index in [0.717, 1.165) is 13.0 Å². The van der Waals surface area contributed by atoms with Crippen molar-refractivity contribution in [1.82, 2.24) is 15.3 Å². The lowest BCUT2D eigenvalue weighted by Crippen LogP contribution is -2.46. The zero-order valence-electron chi connectivity index (χ0n) is 8.87. The lowest BCUT2D eigenvalue weighted by atomic mass is 10.3. The van der Waals surface area contributed by atoms with Crippen molar-refractivity contribution in [2.24, 2.45) is 0 Å². The van der Waals surface area contributed by atoms with Gasteiger partial charge in [-0.3, -0.25) is 14.7 Å². The highest BCUT2D eigenvalue weighted by Gasteiger charge is 2.38. The highest BCUT2D eigenvalue weighted by Crippen LogP contribution is 2.16. The largest absolute Gasteiger partial charge is 0.274 e. The third-order valence-corrected chi connectivity index (χ3v) is 2.70. The fourth-order valence-electron chi connectivity index (χ4n) is 1.51. The molecule has 2 unspecified atom stereocenters. The molecule has 1 saturated heterocycles. The summed E-state index contributed by atoms with van der Waals surface area (Å²) in [5.41, 5.74) is 3.13. The number of carbonyl (C=O) groups is 1. The molecule has 4 heteroatoms. The first-order valence-electron chi connectivity index (χ1n) is 4.88. The minimum atomic E-state index is -0.000596. The smallest absolute Gasteiger partial charge is 0.255 e. The van der Waals surface area contributed by atoms with Crippen LogP contribution in [0.5, 0.6) is 0 Å². The second-order valence-electron chi connectivity index (χ2n) is 3.59. The van der Waals surface area contributed by atoms with Gasteiger partial charge in [-0.25, -0.2) is 5.43 Å². The molecule has 0 radical (unpaired) electrons. The van der Waals surface area contributed by atoms with Crippen molar-refractivity contribution < 1.29 is 4.79 Å². The molecule has 0 aromatic heterocycles. The van der Waals surface area contributed by atoms with Crippen LogP contribution in [0.4, 0.5) is 0 Å². The van der Waals surface area contributed by atoms with E-state index in [1.807, 2.05) is 20.9 Å². The fraction of sp³-hybridized carbons (Fsp3) is 0.889. The molecule has 1 heterocycles. The number of rotatable bonds is 3. The van der Waals surface area contributed by atoms with Gasteiger partial charge < -0.3 is 0 Å². The molecule has 0 aromatic carbocycles. The van der Waals surface area contributed by atoms with Crippen LogP contribution in [0.15, 0.2) is 0 Å². The van der Waals surface area contributed by atoms with Crippen molar-refractivity contribution in [1.29, 1.82) is 0 Å². The number of hydrogen-bond acceptors (Lipinski definition) is 3. The van der Waals surface area contributed by atoms with E-state index < -0.39 is 0 Å². The summed E-state index contributed by atoms with van der Waals surface area (Å²) in [7, 11) is 1.97. The molecule has 1 aliphatic rings. The van der Waals surface area contributed by atoms with E-state index >= 15 is 0 Å². The maximum Gasteiger partial charge on any atom is 0.255 e. The standard InChI is InChI=1S/C9H19N3O/c1-5-6-10-12-8(3)11(4)7(2)9(12)13/h7-8,10H,5-6H2,1-4H3. The average molecular weight is 185 g/mol. The van der Waals surface area contributed by atoms with Gasteiger partial charge in [0.25, 0.3) is 5.91 Å². The van der Waals surface area contributed by atoms with Crippen molar-refractivity contribution >= 4 is 5.91 Å². The maximum atomic E-state index is 11.7. The van der Waals surface area contributed by atoms with Crippen LogP contribution in [0.25, 0.3) is 0 Å². The first-order chi connectivity index (χ1) is 6.09. The predicted molar refractivity (Wildman–Crippen MR) is 51.8 cm³/mol. The topological polar surface area (TPSA) is 35.6 Å². The summed E-state index contributed by atoms with van der Waals surface area (Å²) in [6.07, 6.45) is 1.20. The average Bonchev–Trinajstić information content (AvgIpc) is 2.30. The Kier molecular flexibility index (Phi) is 3.27. The van der Waals surface area contributed by atoms with Gasteiger partial charge in [-0.15, -0.1) is 0 Å². The number of nitrogens with one attached hydrogen (secondary N) is 1. The van der Waals surface area contributed by atoms with Gasteiger partial charge in [0.1, 0.15) is 0 Å². The third-order valence-electron chi connectivity index (χ3n) is 2.70. The van der Waals surface area contributed by atoms with Crippen molar-refractivity contribution in [3.8, 4) is 0 Å². The molecule has 1 rings (SSSR count). The van der Waals surface area contributed by atoms with Crippen LogP contribution in [0.2, 0.25) is 0 Å². The van der Waals surface area contributed by atoms with Gasteiger partial charge in [-0.1, -0.05) is 6.92 Å². The molecule has 0 saturated carbocycles. The summed E-state index contributed by atoms with van der Waals surface area (Å²) in [4.78, 5) is 13.7. The number of likely N-dealkylation sites (N-methyl/N-ethyl adjacent to an activating group) is 1. The van der Waals surface area contributed by atoms with Crippen LogP contribution in [0, 0.1) is 0 Å². The molecule has 0 aliphatic carbocycles. The summed E-state index contributed by atoms with van der Waals surface area (Å²) in [6.45, 7) is 6.92. The Bertz CT molecular complexity index is 195. The molecule has 1 fully saturated rings. The molecule has 1 aliphatic heterocycles. The maximum absolute atomic E-state index is 11.7. The fourth-order valence-corrected chi connectivity index (χ4v) is 1.51. The molecule has 4 nitrogen and oxygen atoms in total. The van der Waals surface area contributed by atoms with Crippen molar-refractivity contribution in [3.05, 3.63) is 0 Å². The van der Waals surface area contributed by atoms with Gasteiger partial charge in [-0.05, 0) is 27.3 Å². The van der Waals surface area contributed by atoms with Gasteiger partial charge >= 0.3 is 0 Å². The van der Waals surface area contributed by atoms with Crippen LogP contribution >= 0.6 is 0 Å². The summed E-state index contributed by atoms with van der Waals surface area (Å²) in [5.74, 6) is 0.170.